The highest BCUT2D eigenvalue weighted by Crippen LogP contribution is 2.12. The van der Waals surface area contributed by atoms with Crippen molar-refractivity contribution in [2.45, 2.75) is 33.7 Å². The summed E-state index contributed by atoms with van der Waals surface area (Å²) < 4.78 is 1.66. The Labute approximate surface area is 77.7 Å². The highest BCUT2D eigenvalue weighted by atomic mass is 16.1. The molecule has 2 N–H and O–H groups in total. The quantitative estimate of drug-likeness (QED) is 0.740. The van der Waals surface area contributed by atoms with Crippen molar-refractivity contribution in [2.24, 2.45) is 5.73 Å². The summed E-state index contributed by atoms with van der Waals surface area (Å²) in [4.78, 5) is 10.7. The molecule has 0 saturated carbocycles. The maximum Gasteiger partial charge on any atom is 0.239 e. The van der Waals surface area contributed by atoms with Crippen molar-refractivity contribution in [3.63, 3.8) is 0 Å². The molecule has 0 radical (unpaired) electrons. The molecule has 0 aromatic carbocycles. The van der Waals surface area contributed by atoms with E-state index in [1.165, 1.54) is 5.56 Å². The van der Waals surface area contributed by atoms with Crippen LogP contribution in [-0.2, 0) is 17.8 Å². The van der Waals surface area contributed by atoms with Gasteiger partial charge >= 0.3 is 0 Å². The number of aromatic nitrogens is 2. The van der Waals surface area contributed by atoms with E-state index in [1.807, 2.05) is 13.8 Å². The normalized spacial score (nSPS) is 10.4. The summed E-state index contributed by atoms with van der Waals surface area (Å²) in [6, 6.07) is 0. The molecule has 0 aliphatic rings. The molecule has 72 valence electrons. The van der Waals surface area contributed by atoms with Crippen molar-refractivity contribution < 1.29 is 4.79 Å². The Morgan fingerprint density at radius 2 is 2.15 bits per heavy atom. The third-order valence-electron chi connectivity index (χ3n) is 2.19. The Balaban J connectivity index is 3.03. The molecule has 0 aliphatic heterocycles. The zero-order valence-corrected chi connectivity index (χ0v) is 8.29. The zero-order valence-electron chi connectivity index (χ0n) is 8.29. The van der Waals surface area contributed by atoms with E-state index in [9.17, 15) is 4.79 Å². The van der Waals surface area contributed by atoms with E-state index in [-0.39, 0.29) is 12.5 Å². The van der Waals surface area contributed by atoms with Crippen molar-refractivity contribution in [1.82, 2.24) is 9.78 Å². The minimum absolute atomic E-state index is 0.173. The molecule has 1 heterocycles. The van der Waals surface area contributed by atoms with Crippen LogP contribution in [0.1, 0.15) is 23.9 Å². The molecule has 0 atom stereocenters. The van der Waals surface area contributed by atoms with E-state index in [2.05, 4.69) is 12.0 Å². The predicted molar refractivity (Wildman–Crippen MR) is 50.3 cm³/mol. The second-order valence-electron chi connectivity index (χ2n) is 3.13. The van der Waals surface area contributed by atoms with Crippen LogP contribution in [0.25, 0.3) is 0 Å². The summed E-state index contributed by atoms with van der Waals surface area (Å²) in [5, 5.41) is 4.24. The Morgan fingerprint density at radius 1 is 1.54 bits per heavy atom. The lowest BCUT2D eigenvalue weighted by Crippen LogP contribution is -2.20. The van der Waals surface area contributed by atoms with Gasteiger partial charge in [-0.3, -0.25) is 9.48 Å². The maximum absolute atomic E-state index is 10.7. The lowest BCUT2D eigenvalue weighted by molar-refractivity contribution is -0.118. The van der Waals surface area contributed by atoms with Crippen LogP contribution in [0.3, 0.4) is 0 Å². The van der Waals surface area contributed by atoms with E-state index < -0.39 is 0 Å². The van der Waals surface area contributed by atoms with Gasteiger partial charge < -0.3 is 5.73 Å². The molecular weight excluding hydrogens is 166 g/mol. The van der Waals surface area contributed by atoms with E-state index in [0.29, 0.717) is 0 Å². The Kier molecular flexibility index (Phi) is 2.70. The second kappa shape index (κ2) is 3.60. The molecule has 0 fully saturated rings. The monoisotopic (exact) mass is 181 g/mol. The third kappa shape index (κ3) is 1.88. The summed E-state index contributed by atoms with van der Waals surface area (Å²) in [5.41, 5.74) is 8.33. The number of carbonyl (C=O) groups excluding carboxylic acids is 1. The first-order valence-electron chi connectivity index (χ1n) is 4.37. The van der Waals surface area contributed by atoms with Gasteiger partial charge in [0.05, 0.1) is 5.69 Å². The third-order valence-corrected chi connectivity index (χ3v) is 2.19. The molecule has 4 nitrogen and oxygen atoms in total. The molecular formula is C9H15N3O. The van der Waals surface area contributed by atoms with Crippen LogP contribution in [-0.4, -0.2) is 15.7 Å². The molecule has 0 aliphatic carbocycles. The zero-order chi connectivity index (χ0) is 10.0. The van der Waals surface area contributed by atoms with Gasteiger partial charge in [-0.1, -0.05) is 6.92 Å². The average molecular weight is 181 g/mol. The van der Waals surface area contributed by atoms with Gasteiger partial charge in [0.1, 0.15) is 6.54 Å². The van der Waals surface area contributed by atoms with Crippen LogP contribution in [0.2, 0.25) is 0 Å². The lowest BCUT2D eigenvalue weighted by Gasteiger charge is -2.00. The SMILES string of the molecule is CCc1c(C)nn(CC(N)=O)c1C. The first kappa shape index (κ1) is 9.77. The van der Waals surface area contributed by atoms with Crippen LogP contribution in [0, 0.1) is 13.8 Å². The summed E-state index contributed by atoms with van der Waals surface area (Å²) in [5.74, 6) is -0.353. The highest BCUT2D eigenvalue weighted by molar-refractivity contribution is 5.73. The number of carbonyl (C=O) groups is 1. The molecule has 0 unspecified atom stereocenters. The average Bonchev–Trinajstić information content (AvgIpc) is 2.26. The minimum Gasteiger partial charge on any atom is -0.368 e. The van der Waals surface area contributed by atoms with Crippen molar-refractivity contribution in [3.8, 4) is 0 Å². The molecule has 4 heteroatoms. The Morgan fingerprint density at radius 3 is 2.54 bits per heavy atom. The van der Waals surface area contributed by atoms with Crippen molar-refractivity contribution in [2.75, 3.05) is 0 Å². The number of primary amides is 1. The molecule has 0 spiro atoms. The fourth-order valence-corrected chi connectivity index (χ4v) is 1.55. The largest absolute Gasteiger partial charge is 0.368 e. The molecule has 13 heavy (non-hydrogen) atoms. The van der Waals surface area contributed by atoms with Gasteiger partial charge in [-0.2, -0.15) is 5.10 Å². The summed E-state index contributed by atoms with van der Waals surface area (Å²) in [7, 11) is 0. The van der Waals surface area contributed by atoms with E-state index in [0.717, 1.165) is 17.8 Å². The van der Waals surface area contributed by atoms with Gasteiger partial charge in [0.15, 0.2) is 0 Å². The molecule has 1 aromatic rings. The summed E-state index contributed by atoms with van der Waals surface area (Å²) in [6.07, 6.45) is 0.941. The van der Waals surface area contributed by atoms with Crippen LogP contribution in [0.4, 0.5) is 0 Å². The first-order valence-corrected chi connectivity index (χ1v) is 4.37. The van der Waals surface area contributed by atoms with Gasteiger partial charge in [0.25, 0.3) is 0 Å². The van der Waals surface area contributed by atoms with Crippen molar-refractivity contribution in [3.05, 3.63) is 17.0 Å². The Bertz CT molecular complexity index is 328. The molecule has 0 saturated heterocycles. The van der Waals surface area contributed by atoms with Gasteiger partial charge in [-0.05, 0) is 25.8 Å². The first-order chi connectivity index (χ1) is 6.06. The standard InChI is InChI=1S/C9H15N3O/c1-4-8-6(2)11-12(7(8)3)5-9(10)13/h4-5H2,1-3H3,(H2,10,13). The fourth-order valence-electron chi connectivity index (χ4n) is 1.55. The molecule has 1 rings (SSSR count). The van der Waals surface area contributed by atoms with Gasteiger partial charge in [0, 0.05) is 5.69 Å². The molecule has 1 aromatic heterocycles. The number of hydrogen-bond acceptors (Lipinski definition) is 2. The van der Waals surface area contributed by atoms with Crippen molar-refractivity contribution >= 4 is 5.91 Å². The molecule has 1 amide bonds. The minimum atomic E-state index is -0.353. The van der Waals surface area contributed by atoms with E-state index in [1.54, 1.807) is 4.68 Å². The number of amides is 1. The van der Waals surface area contributed by atoms with Crippen LogP contribution >= 0.6 is 0 Å². The predicted octanol–water partition coefficient (Wildman–Crippen LogP) is 0.548. The van der Waals surface area contributed by atoms with Crippen molar-refractivity contribution in [1.29, 1.82) is 0 Å². The smallest absolute Gasteiger partial charge is 0.239 e. The summed E-state index contributed by atoms with van der Waals surface area (Å²) in [6.45, 7) is 6.16. The summed E-state index contributed by atoms with van der Waals surface area (Å²) >= 11 is 0. The number of hydrogen-bond donors (Lipinski definition) is 1. The highest BCUT2D eigenvalue weighted by Gasteiger charge is 2.10. The number of aryl methyl sites for hydroxylation is 1. The number of nitrogens with zero attached hydrogens (tertiary/aromatic N) is 2. The second-order valence-corrected chi connectivity index (χ2v) is 3.13. The van der Waals surface area contributed by atoms with E-state index >= 15 is 0 Å². The van der Waals surface area contributed by atoms with E-state index in [4.69, 9.17) is 5.73 Å². The van der Waals surface area contributed by atoms with Gasteiger partial charge in [-0.15, -0.1) is 0 Å². The van der Waals surface area contributed by atoms with Gasteiger partial charge in [0.2, 0.25) is 5.91 Å². The maximum atomic E-state index is 10.7. The number of rotatable bonds is 3. The van der Waals surface area contributed by atoms with Gasteiger partial charge in [-0.25, -0.2) is 0 Å². The topological polar surface area (TPSA) is 60.9 Å². The lowest BCUT2D eigenvalue weighted by atomic mass is 10.1. The fraction of sp³-hybridized carbons (Fsp3) is 0.556. The molecule has 0 bridgehead atoms. The van der Waals surface area contributed by atoms with Crippen LogP contribution in [0.15, 0.2) is 0 Å². The van der Waals surface area contributed by atoms with Crippen LogP contribution in [0.5, 0.6) is 0 Å². The Hall–Kier alpha value is -1.32. The van der Waals surface area contributed by atoms with Crippen LogP contribution < -0.4 is 5.73 Å². The number of nitrogens with two attached hydrogens (primary N) is 1.